The Bertz CT molecular complexity index is 1340. The predicted octanol–water partition coefficient (Wildman–Crippen LogP) is 5.78. The number of nitrogens with one attached hydrogen (secondary N) is 1. The highest BCUT2D eigenvalue weighted by Gasteiger charge is 2.37. The van der Waals surface area contributed by atoms with Crippen molar-refractivity contribution in [1.29, 1.82) is 0 Å². The smallest absolute Gasteiger partial charge is 0.261 e. The number of hydrogen-bond acceptors (Lipinski definition) is 6. The number of benzene rings is 3. The Morgan fingerprint density at radius 3 is 2.65 bits per heavy atom. The van der Waals surface area contributed by atoms with Gasteiger partial charge >= 0.3 is 0 Å². The lowest BCUT2D eigenvalue weighted by molar-refractivity contribution is -0.113. The zero-order valence-electron chi connectivity index (χ0n) is 19.9. The van der Waals surface area contributed by atoms with E-state index in [1.165, 1.54) is 16.7 Å². The maximum Gasteiger partial charge on any atom is 0.261 e. The van der Waals surface area contributed by atoms with E-state index in [4.69, 9.17) is 21.1 Å². The SMILES string of the molecule is O=C(CSCc1ccccc1Cl)Nc1cccc(Oc2ccc3c(c2)C(=O)N(CC2CCCO2)C3=O)c1. The molecule has 1 unspecified atom stereocenters. The van der Waals surface area contributed by atoms with Gasteiger partial charge in [-0.25, -0.2) is 0 Å². The van der Waals surface area contributed by atoms with E-state index in [1.807, 2.05) is 24.3 Å². The molecular formula is C28H25ClN2O5S. The minimum Gasteiger partial charge on any atom is -0.457 e. The van der Waals surface area contributed by atoms with Gasteiger partial charge in [0.2, 0.25) is 5.91 Å². The Labute approximate surface area is 224 Å². The number of thioether (sulfide) groups is 1. The first kappa shape index (κ1) is 25.3. The average molecular weight is 537 g/mol. The van der Waals surface area contributed by atoms with E-state index in [-0.39, 0.29) is 36.1 Å². The number of nitrogens with zero attached hydrogens (tertiary/aromatic N) is 1. The highest BCUT2D eigenvalue weighted by molar-refractivity contribution is 7.99. The van der Waals surface area contributed by atoms with Gasteiger partial charge in [0, 0.05) is 29.1 Å². The largest absolute Gasteiger partial charge is 0.457 e. The summed E-state index contributed by atoms with van der Waals surface area (Å²) in [5.41, 5.74) is 2.27. The summed E-state index contributed by atoms with van der Waals surface area (Å²) in [5.74, 6) is 1.06. The molecule has 1 atom stereocenters. The second kappa shape index (κ2) is 11.4. The number of amides is 3. The molecule has 0 aromatic heterocycles. The summed E-state index contributed by atoms with van der Waals surface area (Å²) in [4.78, 5) is 39.3. The molecule has 3 aromatic carbocycles. The van der Waals surface area contributed by atoms with Crippen molar-refractivity contribution in [2.75, 3.05) is 24.2 Å². The van der Waals surface area contributed by atoms with Crippen LogP contribution in [0, 0.1) is 0 Å². The molecule has 0 saturated carbocycles. The number of ether oxygens (including phenoxy) is 2. The lowest BCUT2D eigenvalue weighted by atomic mass is 10.1. The molecule has 1 saturated heterocycles. The minimum absolute atomic E-state index is 0.106. The van der Waals surface area contributed by atoms with Gasteiger partial charge in [0.05, 0.1) is 29.5 Å². The van der Waals surface area contributed by atoms with Gasteiger partial charge in [-0.05, 0) is 54.8 Å². The van der Waals surface area contributed by atoms with Gasteiger partial charge in [0.25, 0.3) is 11.8 Å². The second-order valence-corrected chi connectivity index (χ2v) is 10.2. The molecule has 190 valence electrons. The Morgan fingerprint density at radius 1 is 1.03 bits per heavy atom. The fourth-order valence-corrected chi connectivity index (χ4v) is 5.44. The van der Waals surface area contributed by atoms with Gasteiger partial charge < -0.3 is 14.8 Å². The molecule has 5 rings (SSSR count). The van der Waals surface area contributed by atoms with E-state index < -0.39 is 0 Å². The lowest BCUT2D eigenvalue weighted by Crippen LogP contribution is -2.36. The summed E-state index contributed by atoms with van der Waals surface area (Å²) >= 11 is 7.65. The number of carbonyl (C=O) groups is 3. The fourth-order valence-electron chi connectivity index (χ4n) is 4.33. The van der Waals surface area contributed by atoms with Gasteiger partial charge in [-0.2, -0.15) is 0 Å². The number of fused-ring (bicyclic) bond motifs is 1. The first-order chi connectivity index (χ1) is 18.0. The molecule has 2 heterocycles. The Hall–Kier alpha value is -3.33. The van der Waals surface area contributed by atoms with Crippen molar-refractivity contribution in [3.63, 3.8) is 0 Å². The normalized spacial score (nSPS) is 16.7. The molecule has 0 spiro atoms. The quantitative estimate of drug-likeness (QED) is 0.349. The van der Waals surface area contributed by atoms with Crippen LogP contribution in [0.15, 0.2) is 66.7 Å². The van der Waals surface area contributed by atoms with E-state index in [9.17, 15) is 14.4 Å². The number of carbonyl (C=O) groups excluding carboxylic acids is 3. The molecule has 2 aliphatic heterocycles. The van der Waals surface area contributed by atoms with Crippen LogP contribution in [-0.2, 0) is 15.3 Å². The molecule has 9 heteroatoms. The summed E-state index contributed by atoms with van der Waals surface area (Å²) < 4.78 is 11.5. The van der Waals surface area contributed by atoms with Crippen molar-refractivity contribution in [2.24, 2.45) is 0 Å². The average Bonchev–Trinajstić information content (AvgIpc) is 3.48. The molecular weight excluding hydrogens is 512 g/mol. The predicted molar refractivity (Wildman–Crippen MR) is 144 cm³/mol. The van der Waals surface area contributed by atoms with Crippen LogP contribution in [0.1, 0.15) is 39.1 Å². The van der Waals surface area contributed by atoms with Crippen LogP contribution in [0.25, 0.3) is 0 Å². The van der Waals surface area contributed by atoms with Gasteiger partial charge in [-0.15, -0.1) is 11.8 Å². The topological polar surface area (TPSA) is 84.9 Å². The third kappa shape index (κ3) is 5.98. The van der Waals surface area contributed by atoms with E-state index in [2.05, 4.69) is 5.32 Å². The molecule has 3 amide bonds. The second-order valence-electron chi connectivity index (χ2n) is 8.83. The molecule has 37 heavy (non-hydrogen) atoms. The van der Waals surface area contributed by atoms with E-state index in [1.54, 1.807) is 42.5 Å². The van der Waals surface area contributed by atoms with E-state index in [0.717, 1.165) is 18.4 Å². The summed E-state index contributed by atoms with van der Waals surface area (Å²) in [7, 11) is 0. The zero-order chi connectivity index (χ0) is 25.8. The molecule has 1 N–H and O–H groups in total. The first-order valence-corrected chi connectivity index (χ1v) is 13.5. The Balaban J connectivity index is 1.18. The van der Waals surface area contributed by atoms with Crippen LogP contribution in [0.5, 0.6) is 11.5 Å². The molecule has 7 nitrogen and oxygen atoms in total. The summed E-state index contributed by atoms with van der Waals surface area (Å²) in [6.07, 6.45) is 1.67. The van der Waals surface area contributed by atoms with Crippen molar-refractivity contribution in [3.05, 3.63) is 88.4 Å². The van der Waals surface area contributed by atoms with Gasteiger partial charge in [-0.1, -0.05) is 35.9 Å². The monoisotopic (exact) mass is 536 g/mol. The maximum atomic E-state index is 12.9. The highest BCUT2D eigenvalue weighted by Crippen LogP contribution is 2.31. The number of imide groups is 1. The Morgan fingerprint density at radius 2 is 1.84 bits per heavy atom. The minimum atomic E-state index is -0.337. The highest BCUT2D eigenvalue weighted by atomic mass is 35.5. The van der Waals surface area contributed by atoms with E-state index >= 15 is 0 Å². The van der Waals surface area contributed by atoms with Gasteiger partial charge in [-0.3, -0.25) is 19.3 Å². The van der Waals surface area contributed by atoms with Crippen LogP contribution in [0.2, 0.25) is 5.02 Å². The van der Waals surface area contributed by atoms with Crippen LogP contribution in [0.4, 0.5) is 5.69 Å². The van der Waals surface area contributed by atoms with Crippen LogP contribution < -0.4 is 10.1 Å². The first-order valence-electron chi connectivity index (χ1n) is 12.0. The maximum absolute atomic E-state index is 12.9. The molecule has 2 aliphatic rings. The number of rotatable bonds is 9. The molecule has 0 bridgehead atoms. The molecule has 0 radical (unpaired) electrons. The van der Waals surface area contributed by atoms with E-state index in [0.29, 0.717) is 45.7 Å². The van der Waals surface area contributed by atoms with Crippen molar-refractivity contribution >= 4 is 46.8 Å². The van der Waals surface area contributed by atoms with Crippen LogP contribution in [0.3, 0.4) is 0 Å². The fraction of sp³-hybridized carbons (Fsp3) is 0.250. The van der Waals surface area contributed by atoms with Gasteiger partial charge in [0.1, 0.15) is 11.5 Å². The standard InChI is InChI=1S/C28H25ClN2O5S/c29-25-9-2-1-5-18(25)16-37-17-26(32)30-19-6-3-7-20(13-19)36-21-10-11-23-24(14-21)28(34)31(27(23)33)15-22-8-4-12-35-22/h1-3,5-7,9-11,13-14,22H,4,8,12,15-17H2,(H,30,32). The summed E-state index contributed by atoms with van der Waals surface area (Å²) in [6, 6.07) is 19.4. The number of hydrogen-bond donors (Lipinski definition) is 1. The van der Waals surface area contributed by atoms with Crippen LogP contribution >= 0.6 is 23.4 Å². The van der Waals surface area contributed by atoms with Crippen LogP contribution in [-0.4, -0.2) is 47.6 Å². The lowest BCUT2D eigenvalue weighted by Gasteiger charge is -2.17. The molecule has 1 fully saturated rings. The number of halogens is 1. The van der Waals surface area contributed by atoms with Crippen molar-refractivity contribution < 1.29 is 23.9 Å². The van der Waals surface area contributed by atoms with Crippen molar-refractivity contribution in [3.8, 4) is 11.5 Å². The van der Waals surface area contributed by atoms with Gasteiger partial charge in [0.15, 0.2) is 0 Å². The molecule has 0 aliphatic carbocycles. The summed E-state index contributed by atoms with van der Waals surface area (Å²) in [5, 5.41) is 3.56. The van der Waals surface area contributed by atoms with Crippen molar-refractivity contribution in [2.45, 2.75) is 24.7 Å². The third-order valence-corrected chi connectivity index (χ3v) is 7.50. The molecule has 3 aromatic rings. The Kier molecular flexibility index (Phi) is 7.79. The number of anilines is 1. The summed E-state index contributed by atoms with van der Waals surface area (Å²) in [6.45, 7) is 0.924. The third-order valence-electron chi connectivity index (χ3n) is 6.15. The zero-order valence-corrected chi connectivity index (χ0v) is 21.5. The van der Waals surface area contributed by atoms with Crippen molar-refractivity contribution in [1.82, 2.24) is 4.90 Å².